The lowest BCUT2D eigenvalue weighted by Gasteiger charge is -2.09. The third kappa shape index (κ3) is 3.35. The predicted octanol–water partition coefficient (Wildman–Crippen LogP) is 3.38. The molecule has 0 saturated heterocycles. The van der Waals surface area contributed by atoms with Gasteiger partial charge in [0.05, 0.1) is 5.56 Å². The number of nitrogens with two attached hydrogens (primary N) is 1. The first-order chi connectivity index (χ1) is 9.45. The molecule has 0 aromatic heterocycles. The van der Waals surface area contributed by atoms with E-state index in [-0.39, 0.29) is 17.9 Å². The van der Waals surface area contributed by atoms with E-state index in [1.54, 1.807) is 0 Å². The van der Waals surface area contributed by atoms with Crippen LogP contribution in [0.15, 0.2) is 36.4 Å². The maximum atomic E-state index is 13.2. The van der Waals surface area contributed by atoms with E-state index in [2.05, 4.69) is 0 Å². The number of carbonyl (C=O) groups is 1. The highest BCUT2D eigenvalue weighted by Gasteiger charge is 2.10. The number of rotatable bonds is 3. The molecule has 104 valence electrons. The molecule has 0 aliphatic carbocycles. The highest BCUT2D eigenvalue weighted by atomic mass is 19.1. The normalized spacial score (nSPS) is 10.3. The molecule has 0 heterocycles. The Kier molecular flexibility index (Phi) is 4.03. The zero-order valence-electron chi connectivity index (χ0n) is 11.4. The van der Waals surface area contributed by atoms with Crippen molar-refractivity contribution in [3.05, 3.63) is 64.5 Å². The number of aryl methyl sites for hydroxylation is 2. The van der Waals surface area contributed by atoms with Crippen LogP contribution in [0.2, 0.25) is 0 Å². The minimum absolute atomic E-state index is 0.118. The van der Waals surface area contributed by atoms with E-state index in [9.17, 15) is 9.18 Å². The van der Waals surface area contributed by atoms with Crippen LogP contribution in [-0.2, 0) is 11.3 Å². The van der Waals surface area contributed by atoms with Crippen molar-refractivity contribution in [1.82, 2.24) is 0 Å². The van der Waals surface area contributed by atoms with Gasteiger partial charge in [0.2, 0.25) is 0 Å². The highest BCUT2D eigenvalue weighted by molar-refractivity contribution is 5.90. The lowest BCUT2D eigenvalue weighted by molar-refractivity contribution is 0.0471. The second-order valence-electron chi connectivity index (χ2n) is 4.78. The van der Waals surface area contributed by atoms with Gasteiger partial charge in [0, 0.05) is 5.69 Å². The van der Waals surface area contributed by atoms with Gasteiger partial charge in [-0.3, -0.25) is 0 Å². The number of carbonyl (C=O) groups excluding carboxylic acids is 1. The first-order valence-electron chi connectivity index (χ1n) is 6.25. The number of nitrogen functional groups attached to an aromatic ring is 1. The summed E-state index contributed by atoms with van der Waals surface area (Å²) < 4.78 is 18.4. The third-order valence-corrected chi connectivity index (χ3v) is 3.02. The molecule has 0 aliphatic heterocycles. The quantitative estimate of drug-likeness (QED) is 0.689. The molecule has 2 N–H and O–H groups in total. The third-order valence-electron chi connectivity index (χ3n) is 3.02. The summed E-state index contributed by atoms with van der Waals surface area (Å²) >= 11 is 0. The van der Waals surface area contributed by atoms with Gasteiger partial charge in [-0.2, -0.15) is 0 Å². The summed E-state index contributed by atoms with van der Waals surface area (Å²) in [6.45, 7) is 4.07. The molecule has 20 heavy (non-hydrogen) atoms. The molecule has 3 nitrogen and oxygen atoms in total. The lowest BCUT2D eigenvalue weighted by atomic mass is 10.1. The number of benzene rings is 2. The van der Waals surface area contributed by atoms with Gasteiger partial charge in [-0.15, -0.1) is 0 Å². The summed E-state index contributed by atoms with van der Waals surface area (Å²) in [6.07, 6.45) is 0. The molecule has 2 rings (SSSR count). The summed E-state index contributed by atoms with van der Waals surface area (Å²) in [4.78, 5) is 11.9. The van der Waals surface area contributed by atoms with Crippen LogP contribution in [0.25, 0.3) is 0 Å². The Morgan fingerprint density at radius 1 is 1.20 bits per heavy atom. The fourth-order valence-electron chi connectivity index (χ4n) is 1.91. The maximum absolute atomic E-state index is 13.2. The molecule has 2 aromatic carbocycles. The molecule has 0 unspecified atom stereocenters. The van der Waals surface area contributed by atoms with Crippen LogP contribution >= 0.6 is 0 Å². The van der Waals surface area contributed by atoms with Gasteiger partial charge in [-0.25, -0.2) is 9.18 Å². The Balaban J connectivity index is 2.10. The number of hydrogen-bond acceptors (Lipinski definition) is 3. The molecule has 2 aromatic rings. The molecular weight excluding hydrogens is 257 g/mol. The number of hydrogen-bond donors (Lipinski definition) is 1. The Morgan fingerprint density at radius 3 is 2.65 bits per heavy atom. The van der Waals surface area contributed by atoms with Crippen LogP contribution in [0, 0.1) is 19.7 Å². The van der Waals surface area contributed by atoms with E-state index >= 15 is 0 Å². The number of esters is 1. The second kappa shape index (κ2) is 5.74. The SMILES string of the molecule is Cc1ccc(C)c(COC(=O)c2cc(N)cc(F)c2)c1. The average Bonchev–Trinajstić information content (AvgIpc) is 2.38. The number of anilines is 1. The van der Waals surface area contributed by atoms with E-state index in [4.69, 9.17) is 10.5 Å². The number of ether oxygens (including phenoxy) is 1. The molecule has 0 aliphatic rings. The van der Waals surface area contributed by atoms with Crippen molar-refractivity contribution in [3.8, 4) is 0 Å². The van der Waals surface area contributed by atoms with Crippen LogP contribution in [-0.4, -0.2) is 5.97 Å². The molecule has 0 spiro atoms. The van der Waals surface area contributed by atoms with Gasteiger partial charge < -0.3 is 10.5 Å². The predicted molar refractivity (Wildman–Crippen MR) is 75.8 cm³/mol. The van der Waals surface area contributed by atoms with Crippen molar-refractivity contribution in [2.24, 2.45) is 0 Å². The van der Waals surface area contributed by atoms with Crippen LogP contribution in [0.3, 0.4) is 0 Å². The Labute approximate surface area is 117 Å². The lowest BCUT2D eigenvalue weighted by Crippen LogP contribution is -2.07. The molecule has 0 radical (unpaired) electrons. The molecule has 4 heteroatoms. The smallest absolute Gasteiger partial charge is 0.338 e. The van der Waals surface area contributed by atoms with Gasteiger partial charge in [-0.1, -0.05) is 23.8 Å². The standard InChI is InChI=1S/C16H16FNO2/c1-10-3-4-11(2)13(5-10)9-20-16(19)12-6-14(17)8-15(18)7-12/h3-8H,9,18H2,1-2H3. The summed E-state index contributed by atoms with van der Waals surface area (Å²) in [5, 5.41) is 0. The van der Waals surface area contributed by atoms with Crippen LogP contribution < -0.4 is 5.73 Å². The van der Waals surface area contributed by atoms with Crippen molar-refractivity contribution in [3.63, 3.8) is 0 Å². The largest absolute Gasteiger partial charge is 0.457 e. The molecule has 0 atom stereocenters. The van der Waals surface area contributed by atoms with E-state index < -0.39 is 11.8 Å². The highest BCUT2D eigenvalue weighted by Crippen LogP contribution is 2.15. The Hall–Kier alpha value is -2.36. The fraction of sp³-hybridized carbons (Fsp3) is 0.188. The number of halogens is 1. The van der Waals surface area contributed by atoms with E-state index in [1.807, 2.05) is 32.0 Å². The fourth-order valence-corrected chi connectivity index (χ4v) is 1.91. The second-order valence-corrected chi connectivity index (χ2v) is 4.78. The van der Waals surface area contributed by atoms with Crippen LogP contribution in [0.4, 0.5) is 10.1 Å². The first kappa shape index (κ1) is 14.1. The topological polar surface area (TPSA) is 52.3 Å². The van der Waals surface area contributed by atoms with Gasteiger partial charge >= 0.3 is 5.97 Å². The van der Waals surface area contributed by atoms with Crippen molar-refractivity contribution >= 4 is 11.7 Å². The Morgan fingerprint density at radius 2 is 1.95 bits per heavy atom. The first-order valence-corrected chi connectivity index (χ1v) is 6.25. The van der Waals surface area contributed by atoms with Gasteiger partial charge in [-0.05, 0) is 43.2 Å². The van der Waals surface area contributed by atoms with Gasteiger partial charge in [0.15, 0.2) is 0 Å². The van der Waals surface area contributed by atoms with E-state index in [0.717, 1.165) is 28.8 Å². The minimum Gasteiger partial charge on any atom is -0.457 e. The molecular formula is C16H16FNO2. The zero-order valence-corrected chi connectivity index (χ0v) is 11.4. The van der Waals surface area contributed by atoms with Crippen LogP contribution in [0.5, 0.6) is 0 Å². The average molecular weight is 273 g/mol. The summed E-state index contributed by atoms with van der Waals surface area (Å²) in [5.74, 6) is -1.14. The molecule has 0 saturated carbocycles. The minimum atomic E-state index is -0.586. The van der Waals surface area contributed by atoms with Crippen molar-refractivity contribution < 1.29 is 13.9 Å². The molecule has 0 amide bonds. The van der Waals surface area contributed by atoms with Gasteiger partial charge in [0.1, 0.15) is 12.4 Å². The van der Waals surface area contributed by atoms with E-state index in [1.165, 1.54) is 6.07 Å². The van der Waals surface area contributed by atoms with Gasteiger partial charge in [0.25, 0.3) is 0 Å². The van der Waals surface area contributed by atoms with Crippen molar-refractivity contribution in [1.29, 1.82) is 0 Å². The van der Waals surface area contributed by atoms with E-state index in [0.29, 0.717) is 0 Å². The summed E-state index contributed by atoms with van der Waals surface area (Å²) in [6, 6.07) is 9.59. The van der Waals surface area contributed by atoms with Crippen molar-refractivity contribution in [2.75, 3.05) is 5.73 Å². The molecule has 0 fully saturated rings. The molecule has 0 bridgehead atoms. The zero-order chi connectivity index (χ0) is 14.7. The Bertz CT molecular complexity index is 633. The maximum Gasteiger partial charge on any atom is 0.338 e. The van der Waals surface area contributed by atoms with Crippen LogP contribution in [0.1, 0.15) is 27.0 Å². The summed E-state index contributed by atoms with van der Waals surface area (Å²) in [5.41, 5.74) is 8.89. The monoisotopic (exact) mass is 273 g/mol. The summed E-state index contributed by atoms with van der Waals surface area (Å²) in [7, 11) is 0. The van der Waals surface area contributed by atoms with Crippen molar-refractivity contribution in [2.45, 2.75) is 20.5 Å².